The Labute approximate surface area is 158 Å². The van der Waals surface area contributed by atoms with E-state index in [1.54, 1.807) is 29.2 Å². The number of halogens is 1. The maximum absolute atomic E-state index is 12.6. The second-order valence-electron chi connectivity index (χ2n) is 7.04. The van der Waals surface area contributed by atoms with Crippen LogP contribution in [0.15, 0.2) is 48.5 Å². The van der Waals surface area contributed by atoms with Crippen molar-refractivity contribution in [1.82, 2.24) is 10.6 Å². The van der Waals surface area contributed by atoms with Crippen molar-refractivity contribution in [3.8, 4) is 0 Å². The number of hydrogen-bond acceptors (Lipinski definition) is 2. The van der Waals surface area contributed by atoms with Crippen molar-refractivity contribution in [3.05, 3.63) is 64.7 Å². The minimum absolute atomic E-state index is 0.108. The van der Waals surface area contributed by atoms with Crippen molar-refractivity contribution >= 4 is 29.2 Å². The predicted molar refractivity (Wildman–Crippen MR) is 104 cm³/mol. The molecule has 0 spiro atoms. The van der Waals surface area contributed by atoms with Crippen molar-refractivity contribution in [2.45, 2.75) is 25.8 Å². The average molecular weight is 372 g/mol. The molecule has 6 heteroatoms. The molecule has 0 bridgehead atoms. The van der Waals surface area contributed by atoms with Crippen LogP contribution in [0.25, 0.3) is 0 Å². The summed E-state index contributed by atoms with van der Waals surface area (Å²) in [6, 6.07) is 14.6. The highest BCUT2D eigenvalue weighted by Crippen LogP contribution is 2.22. The van der Waals surface area contributed by atoms with Gasteiger partial charge in [0.25, 0.3) is 5.91 Å². The van der Waals surface area contributed by atoms with E-state index in [1.165, 1.54) is 0 Å². The van der Waals surface area contributed by atoms with Gasteiger partial charge in [0, 0.05) is 34.9 Å². The largest absolute Gasteiger partial charge is 0.347 e. The first-order valence-corrected chi connectivity index (χ1v) is 8.95. The van der Waals surface area contributed by atoms with Crippen LogP contribution in [0.2, 0.25) is 5.02 Å². The molecule has 0 unspecified atom stereocenters. The maximum atomic E-state index is 12.6. The lowest BCUT2D eigenvalue weighted by molar-refractivity contribution is 0.0913. The SMILES string of the molecule is CC(C)(Cc1ccccc1Cl)NC(=O)c1ccc(N2CCNC2=O)cc1. The van der Waals surface area contributed by atoms with E-state index >= 15 is 0 Å². The number of urea groups is 1. The molecule has 1 fully saturated rings. The van der Waals surface area contributed by atoms with Crippen LogP contribution in [0.1, 0.15) is 29.8 Å². The lowest BCUT2D eigenvalue weighted by atomic mass is 9.94. The van der Waals surface area contributed by atoms with Gasteiger partial charge in [0.15, 0.2) is 0 Å². The van der Waals surface area contributed by atoms with Gasteiger partial charge in [0.05, 0.1) is 0 Å². The van der Waals surface area contributed by atoms with Crippen molar-refractivity contribution in [3.63, 3.8) is 0 Å². The molecule has 2 aromatic carbocycles. The minimum Gasteiger partial charge on any atom is -0.347 e. The number of amides is 3. The third kappa shape index (κ3) is 4.17. The van der Waals surface area contributed by atoms with Gasteiger partial charge in [-0.2, -0.15) is 0 Å². The molecule has 1 aliphatic heterocycles. The number of anilines is 1. The number of nitrogens with one attached hydrogen (secondary N) is 2. The summed E-state index contributed by atoms with van der Waals surface area (Å²) in [5, 5.41) is 6.51. The number of hydrogen-bond donors (Lipinski definition) is 2. The van der Waals surface area contributed by atoms with Gasteiger partial charge in [-0.1, -0.05) is 29.8 Å². The smallest absolute Gasteiger partial charge is 0.321 e. The minimum atomic E-state index is -0.449. The summed E-state index contributed by atoms with van der Waals surface area (Å²) < 4.78 is 0. The molecule has 1 saturated heterocycles. The molecule has 0 aliphatic carbocycles. The van der Waals surface area contributed by atoms with Crippen LogP contribution in [0.5, 0.6) is 0 Å². The normalized spacial score (nSPS) is 14.3. The van der Waals surface area contributed by atoms with E-state index in [1.807, 2.05) is 38.1 Å². The highest BCUT2D eigenvalue weighted by molar-refractivity contribution is 6.31. The number of carbonyl (C=O) groups is 2. The van der Waals surface area contributed by atoms with Crippen LogP contribution in [-0.4, -0.2) is 30.6 Å². The molecule has 3 rings (SSSR count). The summed E-state index contributed by atoms with van der Waals surface area (Å²) in [7, 11) is 0. The van der Waals surface area contributed by atoms with Crippen LogP contribution in [0, 0.1) is 0 Å². The molecule has 136 valence electrons. The molecular weight excluding hydrogens is 350 g/mol. The second kappa shape index (κ2) is 7.38. The lowest BCUT2D eigenvalue weighted by Crippen LogP contribution is -2.45. The van der Waals surface area contributed by atoms with E-state index in [0.29, 0.717) is 30.1 Å². The zero-order valence-electron chi connectivity index (χ0n) is 14.9. The fourth-order valence-electron chi connectivity index (χ4n) is 3.05. The Kier molecular flexibility index (Phi) is 5.18. The van der Waals surface area contributed by atoms with Gasteiger partial charge in [-0.15, -0.1) is 0 Å². The van der Waals surface area contributed by atoms with Crippen molar-refractivity contribution in [2.24, 2.45) is 0 Å². The van der Waals surface area contributed by atoms with Crippen LogP contribution >= 0.6 is 11.6 Å². The van der Waals surface area contributed by atoms with E-state index < -0.39 is 5.54 Å². The number of rotatable bonds is 5. The van der Waals surface area contributed by atoms with Crippen LogP contribution in [-0.2, 0) is 6.42 Å². The molecule has 0 saturated carbocycles. The summed E-state index contributed by atoms with van der Waals surface area (Å²) in [4.78, 5) is 26.0. The third-order valence-corrected chi connectivity index (χ3v) is 4.71. The molecule has 2 aromatic rings. The summed E-state index contributed by atoms with van der Waals surface area (Å²) >= 11 is 6.23. The van der Waals surface area contributed by atoms with Gasteiger partial charge in [0.2, 0.25) is 0 Å². The molecular formula is C20H22ClN3O2. The Hall–Kier alpha value is -2.53. The Morgan fingerprint density at radius 2 is 1.88 bits per heavy atom. The second-order valence-corrected chi connectivity index (χ2v) is 7.44. The van der Waals surface area contributed by atoms with E-state index in [0.717, 1.165) is 11.3 Å². The quantitative estimate of drug-likeness (QED) is 0.843. The van der Waals surface area contributed by atoms with E-state index in [-0.39, 0.29) is 11.9 Å². The monoisotopic (exact) mass is 371 g/mol. The Morgan fingerprint density at radius 1 is 1.19 bits per heavy atom. The summed E-state index contributed by atoms with van der Waals surface area (Å²) in [5.74, 6) is -0.153. The van der Waals surface area contributed by atoms with Gasteiger partial charge in [0.1, 0.15) is 0 Å². The molecule has 2 N–H and O–H groups in total. The number of carbonyl (C=O) groups excluding carboxylic acids is 2. The highest BCUT2D eigenvalue weighted by atomic mass is 35.5. The van der Waals surface area contributed by atoms with E-state index in [4.69, 9.17) is 11.6 Å². The molecule has 5 nitrogen and oxygen atoms in total. The van der Waals surface area contributed by atoms with Crippen molar-refractivity contribution in [1.29, 1.82) is 0 Å². The highest BCUT2D eigenvalue weighted by Gasteiger charge is 2.24. The zero-order chi connectivity index (χ0) is 18.7. The first-order valence-electron chi connectivity index (χ1n) is 8.57. The molecule has 1 heterocycles. The Bertz CT molecular complexity index is 818. The topological polar surface area (TPSA) is 61.4 Å². The van der Waals surface area contributed by atoms with Crippen LogP contribution in [0.4, 0.5) is 10.5 Å². The van der Waals surface area contributed by atoms with Crippen LogP contribution in [0.3, 0.4) is 0 Å². The number of benzene rings is 2. The summed E-state index contributed by atoms with van der Waals surface area (Å²) in [5.41, 5.74) is 1.89. The first-order chi connectivity index (χ1) is 12.4. The number of nitrogens with zero attached hydrogens (tertiary/aromatic N) is 1. The Morgan fingerprint density at radius 3 is 2.50 bits per heavy atom. The van der Waals surface area contributed by atoms with E-state index in [9.17, 15) is 9.59 Å². The lowest BCUT2D eigenvalue weighted by Gasteiger charge is -2.27. The summed E-state index contributed by atoms with van der Waals surface area (Å²) in [6.45, 7) is 5.21. The molecule has 0 atom stereocenters. The predicted octanol–water partition coefficient (Wildman–Crippen LogP) is 3.62. The first kappa shape index (κ1) is 18.3. The van der Waals surface area contributed by atoms with Crippen molar-refractivity contribution in [2.75, 3.05) is 18.0 Å². The van der Waals surface area contributed by atoms with Gasteiger partial charge in [-0.25, -0.2) is 4.79 Å². The maximum Gasteiger partial charge on any atom is 0.321 e. The van der Waals surface area contributed by atoms with Gasteiger partial charge >= 0.3 is 6.03 Å². The van der Waals surface area contributed by atoms with Gasteiger partial charge in [-0.05, 0) is 56.2 Å². The van der Waals surface area contributed by atoms with Gasteiger partial charge in [-0.3, -0.25) is 9.69 Å². The van der Waals surface area contributed by atoms with E-state index in [2.05, 4.69) is 10.6 Å². The molecule has 3 amide bonds. The Balaban J connectivity index is 1.67. The van der Waals surface area contributed by atoms with Crippen LogP contribution < -0.4 is 15.5 Å². The fourth-order valence-corrected chi connectivity index (χ4v) is 3.25. The summed E-state index contributed by atoms with van der Waals surface area (Å²) in [6.07, 6.45) is 0.629. The molecule has 0 radical (unpaired) electrons. The zero-order valence-corrected chi connectivity index (χ0v) is 15.6. The van der Waals surface area contributed by atoms with Crippen molar-refractivity contribution < 1.29 is 9.59 Å². The average Bonchev–Trinajstić information content (AvgIpc) is 3.02. The third-order valence-electron chi connectivity index (χ3n) is 4.34. The van der Waals surface area contributed by atoms with Gasteiger partial charge < -0.3 is 10.6 Å². The standard InChI is InChI=1S/C20H22ClN3O2/c1-20(2,13-15-5-3-4-6-17(15)21)23-18(25)14-7-9-16(10-8-14)24-12-11-22-19(24)26/h3-10H,11-13H2,1-2H3,(H,22,26)(H,23,25). The fraction of sp³-hybridized carbons (Fsp3) is 0.300. The molecule has 0 aromatic heterocycles. The molecule has 26 heavy (non-hydrogen) atoms. The molecule has 1 aliphatic rings.